The molecule has 1 aliphatic heterocycles. The number of hydroxylamine groups is 2. The van der Waals surface area contributed by atoms with Crippen molar-refractivity contribution >= 4 is 5.91 Å². The highest BCUT2D eigenvalue weighted by Crippen LogP contribution is 2.11. The Labute approximate surface area is 80.0 Å². The molecule has 0 aromatic carbocycles. The first-order valence-electron chi connectivity index (χ1n) is 4.23. The van der Waals surface area contributed by atoms with Crippen LogP contribution < -0.4 is 0 Å². The fourth-order valence-electron chi connectivity index (χ4n) is 1.21. The van der Waals surface area contributed by atoms with Gasteiger partial charge in [-0.1, -0.05) is 5.16 Å². The zero-order valence-corrected chi connectivity index (χ0v) is 7.64. The second-order valence-corrected chi connectivity index (χ2v) is 3.14. The molecule has 1 N–H and O–H groups in total. The normalized spacial score (nSPS) is 21.6. The fourth-order valence-corrected chi connectivity index (χ4v) is 1.21. The Hall–Kier alpha value is -1.40. The third-order valence-electron chi connectivity index (χ3n) is 1.87. The Morgan fingerprint density at radius 1 is 1.79 bits per heavy atom. The van der Waals surface area contributed by atoms with Crippen LogP contribution in [0.4, 0.5) is 0 Å². The molecule has 1 aromatic heterocycles. The lowest BCUT2D eigenvalue weighted by Crippen LogP contribution is -2.28. The van der Waals surface area contributed by atoms with Crippen LogP contribution in [0.25, 0.3) is 0 Å². The Balaban J connectivity index is 2.09. The smallest absolute Gasteiger partial charge is 0.299 e. The van der Waals surface area contributed by atoms with Crippen LogP contribution in [0.3, 0.4) is 0 Å². The van der Waals surface area contributed by atoms with E-state index in [0.29, 0.717) is 5.76 Å². The minimum atomic E-state index is -0.619. The molecule has 0 radical (unpaired) electrons. The highest BCUT2D eigenvalue weighted by atomic mass is 16.7. The lowest BCUT2D eigenvalue weighted by atomic mass is 10.3. The summed E-state index contributed by atoms with van der Waals surface area (Å²) in [6, 6.07) is 1.52. The van der Waals surface area contributed by atoms with Crippen LogP contribution in [0.2, 0.25) is 0 Å². The van der Waals surface area contributed by atoms with E-state index >= 15 is 0 Å². The number of β-amino-alcohol motifs (C(OH)–C–C–N with tert-alkyl or cyclic N) is 1. The van der Waals surface area contributed by atoms with Gasteiger partial charge in [-0.2, -0.15) is 0 Å². The van der Waals surface area contributed by atoms with E-state index in [-0.39, 0.29) is 18.8 Å². The Kier molecular flexibility index (Phi) is 2.22. The van der Waals surface area contributed by atoms with Crippen molar-refractivity contribution in [3.8, 4) is 0 Å². The molecular weight excluding hydrogens is 188 g/mol. The van der Waals surface area contributed by atoms with E-state index in [1.807, 2.05) is 0 Å². The van der Waals surface area contributed by atoms with Crippen molar-refractivity contribution in [2.75, 3.05) is 13.2 Å². The van der Waals surface area contributed by atoms with Crippen molar-refractivity contribution in [1.82, 2.24) is 10.2 Å². The number of aromatic nitrogens is 1. The number of aryl methyl sites for hydroxylation is 1. The van der Waals surface area contributed by atoms with Crippen LogP contribution in [0.1, 0.15) is 16.2 Å². The average Bonchev–Trinajstić information content (AvgIpc) is 2.73. The standard InChI is InChI=1S/C8H10N2O4/c1-5-2-7(9-14-5)8(12)10-3-6(11)4-13-10/h2,6,11H,3-4H2,1H3. The molecule has 6 heteroatoms. The molecule has 76 valence electrons. The Morgan fingerprint density at radius 3 is 3.07 bits per heavy atom. The molecule has 1 aliphatic rings. The van der Waals surface area contributed by atoms with Crippen molar-refractivity contribution in [2.24, 2.45) is 0 Å². The first kappa shape index (κ1) is 9.17. The molecule has 1 amide bonds. The molecule has 1 unspecified atom stereocenters. The molecule has 6 nitrogen and oxygen atoms in total. The van der Waals surface area contributed by atoms with Gasteiger partial charge in [-0.15, -0.1) is 0 Å². The van der Waals surface area contributed by atoms with E-state index in [4.69, 9.17) is 14.5 Å². The molecule has 1 saturated heterocycles. The maximum absolute atomic E-state index is 11.6. The van der Waals surface area contributed by atoms with Crippen LogP contribution in [0, 0.1) is 6.92 Å². The monoisotopic (exact) mass is 198 g/mol. The molecule has 2 rings (SSSR count). The number of carbonyl (C=O) groups is 1. The first-order valence-corrected chi connectivity index (χ1v) is 4.23. The number of hydrogen-bond acceptors (Lipinski definition) is 5. The predicted octanol–water partition coefficient (Wildman–Crippen LogP) is -0.269. The summed E-state index contributed by atoms with van der Waals surface area (Å²) in [5.41, 5.74) is 0.191. The summed E-state index contributed by atoms with van der Waals surface area (Å²) in [5.74, 6) is 0.173. The Bertz CT molecular complexity index is 349. The minimum Gasteiger partial charge on any atom is -0.389 e. The fraction of sp³-hybridized carbons (Fsp3) is 0.500. The molecule has 1 fully saturated rings. The molecule has 0 saturated carbocycles. The molecule has 1 aromatic rings. The third kappa shape index (κ3) is 1.61. The van der Waals surface area contributed by atoms with Gasteiger partial charge in [0.1, 0.15) is 18.5 Å². The van der Waals surface area contributed by atoms with Gasteiger partial charge in [0.25, 0.3) is 5.91 Å². The van der Waals surface area contributed by atoms with Gasteiger partial charge in [-0.05, 0) is 6.92 Å². The summed E-state index contributed by atoms with van der Waals surface area (Å²) in [7, 11) is 0. The largest absolute Gasteiger partial charge is 0.389 e. The third-order valence-corrected chi connectivity index (χ3v) is 1.87. The predicted molar refractivity (Wildman–Crippen MR) is 44.2 cm³/mol. The molecule has 0 spiro atoms. The zero-order chi connectivity index (χ0) is 10.1. The maximum Gasteiger partial charge on any atom is 0.299 e. The van der Waals surface area contributed by atoms with E-state index in [2.05, 4.69) is 5.16 Å². The van der Waals surface area contributed by atoms with Gasteiger partial charge in [-0.25, -0.2) is 5.06 Å². The number of nitrogens with zero attached hydrogens (tertiary/aromatic N) is 2. The number of aliphatic hydroxyl groups is 1. The second kappa shape index (κ2) is 3.39. The highest BCUT2D eigenvalue weighted by Gasteiger charge is 2.28. The maximum atomic E-state index is 11.6. The van der Waals surface area contributed by atoms with Gasteiger partial charge in [0, 0.05) is 6.07 Å². The van der Waals surface area contributed by atoms with Crippen molar-refractivity contribution in [3.05, 3.63) is 17.5 Å². The van der Waals surface area contributed by atoms with Crippen LogP contribution >= 0.6 is 0 Å². The van der Waals surface area contributed by atoms with Crippen LogP contribution in [0.15, 0.2) is 10.6 Å². The number of carbonyl (C=O) groups excluding carboxylic acids is 1. The number of rotatable bonds is 1. The molecule has 14 heavy (non-hydrogen) atoms. The van der Waals surface area contributed by atoms with Gasteiger partial charge in [0.05, 0.1) is 6.54 Å². The van der Waals surface area contributed by atoms with Gasteiger partial charge < -0.3 is 9.63 Å². The molecule has 0 aliphatic carbocycles. The summed E-state index contributed by atoms with van der Waals surface area (Å²) in [6.45, 7) is 2.01. The van der Waals surface area contributed by atoms with E-state index < -0.39 is 12.0 Å². The van der Waals surface area contributed by atoms with Crippen LogP contribution in [0.5, 0.6) is 0 Å². The van der Waals surface area contributed by atoms with Gasteiger partial charge in [0.2, 0.25) is 0 Å². The van der Waals surface area contributed by atoms with E-state index in [1.54, 1.807) is 6.92 Å². The lowest BCUT2D eigenvalue weighted by Gasteiger charge is -2.10. The average molecular weight is 198 g/mol. The number of hydrogen-bond donors (Lipinski definition) is 1. The van der Waals surface area contributed by atoms with Crippen LogP contribution in [-0.2, 0) is 4.84 Å². The van der Waals surface area contributed by atoms with Crippen molar-refractivity contribution in [2.45, 2.75) is 13.0 Å². The summed E-state index contributed by atoms with van der Waals surface area (Å²) >= 11 is 0. The van der Waals surface area contributed by atoms with E-state index in [1.165, 1.54) is 6.07 Å². The number of aliphatic hydroxyl groups excluding tert-OH is 1. The van der Waals surface area contributed by atoms with Crippen molar-refractivity contribution in [1.29, 1.82) is 0 Å². The van der Waals surface area contributed by atoms with Crippen LogP contribution in [-0.4, -0.2) is 40.5 Å². The molecule has 1 atom stereocenters. The summed E-state index contributed by atoms with van der Waals surface area (Å²) < 4.78 is 4.76. The SMILES string of the molecule is Cc1cc(C(=O)N2CC(O)CO2)no1. The summed E-state index contributed by atoms with van der Waals surface area (Å²) in [5, 5.41) is 13.8. The van der Waals surface area contributed by atoms with Crippen molar-refractivity contribution in [3.63, 3.8) is 0 Å². The zero-order valence-electron chi connectivity index (χ0n) is 7.64. The van der Waals surface area contributed by atoms with E-state index in [0.717, 1.165) is 5.06 Å². The molecular formula is C8H10N2O4. The quantitative estimate of drug-likeness (QED) is 0.672. The van der Waals surface area contributed by atoms with Gasteiger partial charge >= 0.3 is 0 Å². The highest BCUT2D eigenvalue weighted by molar-refractivity contribution is 5.91. The lowest BCUT2D eigenvalue weighted by molar-refractivity contribution is -0.0784. The Morgan fingerprint density at radius 2 is 2.57 bits per heavy atom. The van der Waals surface area contributed by atoms with Gasteiger partial charge in [-0.3, -0.25) is 9.63 Å². The summed E-state index contributed by atoms with van der Waals surface area (Å²) in [4.78, 5) is 16.5. The molecule has 0 bridgehead atoms. The number of amides is 1. The first-order chi connectivity index (χ1) is 6.66. The topological polar surface area (TPSA) is 75.8 Å². The summed E-state index contributed by atoms with van der Waals surface area (Å²) in [6.07, 6.45) is -0.619. The van der Waals surface area contributed by atoms with Gasteiger partial charge in [0.15, 0.2) is 5.69 Å². The molecule has 2 heterocycles. The van der Waals surface area contributed by atoms with E-state index in [9.17, 15) is 4.79 Å². The minimum absolute atomic E-state index is 0.141. The second-order valence-electron chi connectivity index (χ2n) is 3.14. The van der Waals surface area contributed by atoms with Crippen molar-refractivity contribution < 1.29 is 19.3 Å².